The number of hydrogen-bond donors (Lipinski definition) is 2. The zero-order valence-corrected chi connectivity index (χ0v) is 20.8. The third kappa shape index (κ3) is 6.88. The molecule has 0 aromatic heterocycles. The van der Waals surface area contributed by atoms with Crippen LogP contribution in [0.3, 0.4) is 0 Å². The van der Waals surface area contributed by atoms with Gasteiger partial charge in [-0.2, -0.15) is 0 Å². The molecule has 174 valence electrons. The van der Waals surface area contributed by atoms with E-state index in [1.165, 1.54) is 18.7 Å². The summed E-state index contributed by atoms with van der Waals surface area (Å²) >= 11 is 6.90. The molecular weight excluding hydrogens is 472 g/mol. The zero-order valence-electron chi connectivity index (χ0n) is 19.2. The molecule has 6 heteroatoms. The van der Waals surface area contributed by atoms with Gasteiger partial charge in [0.05, 0.1) is 5.75 Å². The quantitative estimate of drug-likeness (QED) is 0.151. The number of benzene rings is 4. The minimum atomic E-state index is 0.0225. The SMILES string of the molecule is CC(=O)c1ccc(NC(=S)Nc2cccc(SCC(=O)c3ccc(-c4ccccc4)cc3)c2)cc1. The molecule has 0 saturated heterocycles. The Hall–Kier alpha value is -3.74. The van der Waals surface area contributed by atoms with Gasteiger partial charge in [-0.05, 0) is 72.7 Å². The summed E-state index contributed by atoms with van der Waals surface area (Å²) < 4.78 is 0. The molecule has 0 aliphatic rings. The molecule has 0 aliphatic carbocycles. The Morgan fingerprint density at radius 2 is 1.34 bits per heavy atom. The largest absolute Gasteiger partial charge is 0.332 e. The number of rotatable bonds is 8. The lowest BCUT2D eigenvalue weighted by atomic mass is 10.0. The van der Waals surface area contributed by atoms with Crippen molar-refractivity contribution >= 4 is 52.0 Å². The van der Waals surface area contributed by atoms with Gasteiger partial charge in [0.2, 0.25) is 0 Å². The predicted molar refractivity (Wildman–Crippen MR) is 150 cm³/mol. The highest BCUT2D eigenvalue weighted by Gasteiger charge is 2.08. The van der Waals surface area contributed by atoms with E-state index in [0.29, 0.717) is 22.0 Å². The minimum absolute atomic E-state index is 0.0225. The molecule has 4 aromatic carbocycles. The lowest BCUT2D eigenvalue weighted by Gasteiger charge is -2.12. The normalized spacial score (nSPS) is 10.4. The van der Waals surface area contributed by atoms with Crippen LogP contribution in [-0.4, -0.2) is 22.4 Å². The molecule has 2 N–H and O–H groups in total. The van der Waals surface area contributed by atoms with Crippen molar-refractivity contribution in [3.05, 3.63) is 114 Å². The number of hydrogen-bond acceptors (Lipinski definition) is 4. The van der Waals surface area contributed by atoms with Crippen LogP contribution in [0.2, 0.25) is 0 Å². The van der Waals surface area contributed by atoms with Gasteiger partial charge in [0, 0.05) is 27.4 Å². The summed E-state index contributed by atoms with van der Waals surface area (Å²) in [6.45, 7) is 1.54. The first-order chi connectivity index (χ1) is 17.0. The number of carbonyl (C=O) groups is 2. The number of thioether (sulfide) groups is 1. The van der Waals surface area contributed by atoms with Crippen molar-refractivity contribution in [1.82, 2.24) is 0 Å². The average molecular weight is 497 g/mol. The van der Waals surface area contributed by atoms with Crippen molar-refractivity contribution in [2.45, 2.75) is 11.8 Å². The molecule has 0 fully saturated rings. The van der Waals surface area contributed by atoms with Crippen molar-refractivity contribution in [2.24, 2.45) is 0 Å². The molecule has 0 aliphatic heterocycles. The lowest BCUT2D eigenvalue weighted by molar-refractivity contribution is 0.101. The first kappa shape index (κ1) is 24.4. The summed E-state index contributed by atoms with van der Waals surface area (Å²) in [6, 6.07) is 32.8. The molecule has 4 aromatic rings. The lowest BCUT2D eigenvalue weighted by Crippen LogP contribution is -2.19. The fraction of sp³-hybridized carbons (Fsp3) is 0.0690. The molecule has 4 nitrogen and oxygen atoms in total. The van der Waals surface area contributed by atoms with E-state index in [-0.39, 0.29) is 11.6 Å². The number of anilines is 2. The van der Waals surface area contributed by atoms with Gasteiger partial charge in [0.15, 0.2) is 16.7 Å². The van der Waals surface area contributed by atoms with Gasteiger partial charge in [-0.3, -0.25) is 9.59 Å². The van der Waals surface area contributed by atoms with Crippen LogP contribution < -0.4 is 10.6 Å². The minimum Gasteiger partial charge on any atom is -0.332 e. The second-order valence-corrected chi connectivity index (χ2v) is 9.35. The van der Waals surface area contributed by atoms with Gasteiger partial charge in [-0.25, -0.2) is 0 Å². The van der Waals surface area contributed by atoms with Gasteiger partial charge < -0.3 is 10.6 Å². The standard InChI is InChI=1S/C29H24N2O2S2/c1-20(32)21-14-16-25(17-15-21)30-29(34)31-26-8-5-9-27(18-26)35-19-28(33)24-12-10-23(11-13-24)22-6-3-2-4-7-22/h2-18H,19H2,1H3,(H2,30,31,34). The summed E-state index contributed by atoms with van der Waals surface area (Å²) in [5.41, 5.74) is 5.20. The van der Waals surface area contributed by atoms with Crippen LogP contribution in [0.25, 0.3) is 11.1 Å². The maximum atomic E-state index is 12.7. The van der Waals surface area contributed by atoms with Crippen molar-refractivity contribution in [3.8, 4) is 11.1 Å². The van der Waals surface area contributed by atoms with Crippen molar-refractivity contribution in [2.75, 3.05) is 16.4 Å². The van der Waals surface area contributed by atoms with Gasteiger partial charge in [-0.1, -0.05) is 60.7 Å². The summed E-state index contributed by atoms with van der Waals surface area (Å²) in [5, 5.41) is 6.72. The summed E-state index contributed by atoms with van der Waals surface area (Å²) in [5.74, 6) is 0.452. The second-order valence-electron chi connectivity index (χ2n) is 7.90. The van der Waals surface area contributed by atoms with Crippen LogP contribution >= 0.6 is 24.0 Å². The molecule has 0 atom stereocenters. The number of ketones is 2. The summed E-state index contributed by atoms with van der Waals surface area (Å²) in [6.07, 6.45) is 0. The highest BCUT2D eigenvalue weighted by Crippen LogP contribution is 2.24. The highest BCUT2D eigenvalue weighted by molar-refractivity contribution is 8.00. The molecule has 0 radical (unpaired) electrons. The third-order valence-electron chi connectivity index (χ3n) is 5.33. The first-order valence-corrected chi connectivity index (χ1v) is 12.5. The van der Waals surface area contributed by atoms with Gasteiger partial charge in [0.25, 0.3) is 0 Å². The van der Waals surface area contributed by atoms with Crippen molar-refractivity contribution in [1.29, 1.82) is 0 Å². The number of carbonyl (C=O) groups excluding carboxylic acids is 2. The molecule has 0 spiro atoms. The molecule has 35 heavy (non-hydrogen) atoms. The molecule has 0 bridgehead atoms. The van der Waals surface area contributed by atoms with Crippen LogP contribution in [0.5, 0.6) is 0 Å². The summed E-state index contributed by atoms with van der Waals surface area (Å²) in [7, 11) is 0. The Kier molecular flexibility index (Phi) is 8.08. The number of nitrogens with one attached hydrogen (secondary N) is 2. The third-order valence-corrected chi connectivity index (χ3v) is 6.52. The Balaban J connectivity index is 1.31. The second kappa shape index (κ2) is 11.6. The van der Waals surface area contributed by atoms with Crippen LogP contribution in [0.1, 0.15) is 27.6 Å². The van der Waals surface area contributed by atoms with Crippen LogP contribution in [-0.2, 0) is 0 Å². The molecule has 0 saturated carbocycles. The fourth-order valence-corrected chi connectivity index (χ4v) is 4.54. The Morgan fingerprint density at radius 3 is 2.03 bits per heavy atom. The zero-order chi connectivity index (χ0) is 24.6. The molecular formula is C29H24N2O2S2. The van der Waals surface area contributed by atoms with E-state index >= 15 is 0 Å². The smallest absolute Gasteiger partial charge is 0.175 e. The van der Waals surface area contributed by atoms with E-state index in [0.717, 1.165) is 27.4 Å². The number of Topliss-reactive ketones (excluding diaryl/α,β-unsaturated/α-hetero) is 2. The van der Waals surface area contributed by atoms with Gasteiger partial charge in [-0.15, -0.1) is 11.8 Å². The van der Waals surface area contributed by atoms with Crippen LogP contribution in [0.4, 0.5) is 11.4 Å². The van der Waals surface area contributed by atoms with E-state index in [4.69, 9.17) is 12.2 Å². The highest BCUT2D eigenvalue weighted by atomic mass is 32.2. The predicted octanol–water partition coefficient (Wildman–Crippen LogP) is 7.34. The molecule has 0 heterocycles. The average Bonchev–Trinajstić information content (AvgIpc) is 2.88. The van der Waals surface area contributed by atoms with Crippen LogP contribution in [0, 0.1) is 0 Å². The van der Waals surface area contributed by atoms with E-state index in [1.807, 2.05) is 78.9 Å². The number of thiocarbonyl (C=S) groups is 1. The monoisotopic (exact) mass is 496 g/mol. The Labute approximate surface area is 214 Å². The first-order valence-electron chi connectivity index (χ1n) is 11.1. The maximum Gasteiger partial charge on any atom is 0.175 e. The van der Waals surface area contributed by atoms with Crippen molar-refractivity contribution < 1.29 is 9.59 Å². The topological polar surface area (TPSA) is 58.2 Å². The molecule has 0 unspecified atom stereocenters. The maximum absolute atomic E-state index is 12.7. The summed E-state index contributed by atoms with van der Waals surface area (Å²) in [4.78, 5) is 25.1. The van der Waals surface area contributed by atoms with E-state index < -0.39 is 0 Å². The van der Waals surface area contributed by atoms with E-state index in [2.05, 4.69) is 22.8 Å². The van der Waals surface area contributed by atoms with Gasteiger partial charge in [0.1, 0.15) is 0 Å². The van der Waals surface area contributed by atoms with E-state index in [9.17, 15) is 9.59 Å². The van der Waals surface area contributed by atoms with Crippen LogP contribution in [0.15, 0.2) is 108 Å². The fourth-order valence-electron chi connectivity index (χ4n) is 3.46. The molecule has 0 amide bonds. The molecule has 4 rings (SSSR count). The van der Waals surface area contributed by atoms with Crippen molar-refractivity contribution in [3.63, 3.8) is 0 Å². The Bertz CT molecular complexity index is 1340. The van der Waals surface area contributed by atoms with Gasteiger partial charge >= 0.3 is 0 Å². The Morgan fingerprint density at radius 1 is 0.714 bits per heavy atom. The van der Waals surface area contributed by atoms with E-state index in [1.54, 1.807) is 12.1 Å².